The Kier molecular flexibility index (Phi) is 6.23. The zero-order valence-electron chi connectivity index (χ0n) is 15.1. The lowest BCUT2D eigenvalue weighted by atomic mass is 10.2. The lowest BCUT2D eigenvalue weighted by Crippen LogP contribution is -2.49. The molecule has 2 saturated heterocycles. The van der Waals surface area contributed by atoms with Crippen molar-refractivity contribution in [3.05, 3.63) is 24.4 Å². The Morgan fingerprint density at radius 3 is 2.36 bits per heavy atom. The van der Waals surface area contributed by atoms with Gasteiger partial charge in [0, 0.05) is 72.7 Å². The highest BCUT2D eigenvalue weighted by Gasteiger charge is 2.33. The topological polar surface area (TPSA) is 58.1 Å². The van der Waals surface area contributed by atoms with Crippen LogP contribution in [0.5, 0.6) is 0 Å². The van der Waals surface area contributed by atoms with Gasteiger partial charge in [-0.1, -0.05) is 6.07 Å². The van der Waals surface area contributed by atoms with Gasteiger partial charge in [0.05, 0.1) is 12.2 Å². The van der Waals surface area contributed by atoms with E-state index < -0.39 is 0 Å². The minimum atomic E-state index is 0.0991. The maximum absolute atomic E-state index is 12.5. The number of hydrogen-bond acceptors (Lipinski definition) is 6. The summed E-state index contributed by atoms with van der Waals surface area (Å²) in [7, 11) is 3.43. The van der Waals surface area contributed by atoms with E-state index in [1.54, 1.807) is 14.2 Å². The highest BCUT2D eigenvalue weighted by molar-refractivity contribution is 5.76. The molecule has 1 amide bonds. The van der Waals surface area contributed by atoms with Gasteiger partial charge in [-0.3, -0.25) is 9.69 Å². The number of ether oxygens (including phenoxy) is 2. The van der Waals surface area contributed by atoms with Crippen LogP contribution in [0.4, 0.5) is 5.82 Å². The van der Waals surface area contributed by atoms with Crippen molar-refractivity contribution >= 4 is 11.7 Å². The van der Waals surface area contributed by atoms with Crippen molar-refractivity contribution in [3.8, 4) is 0 Å². The second-order valence-electron chi connectivity index (χ2n) is 6.61. The summed E-state index contributed by atoms with van der Waals surface area (Å²) in [5, 5.41) is 0. The molecule has 2 atom stereocenters. The molecule has 25 heavy (non-hydrogen) atoms. The molecule has 0 aliphatic carbocycles. The van der Waals surface area contributed by atoms with Crippen molar-refractivity contribution in [1.29, 1.82) is 0 Å². The Labute approximate surface area is 149 Å². The SMILES string of the molecule is CO[C@H]1CN(CCC(=O)N2CCN(c3ccccn3)CC2)C[C@H]1OC. The third-order valence-electron chi connectivity index (χ3n) is 5.14. The summed E-state index contributed by atoms with van der Waals surface area (Å²) in [5.41, 5.74) is 0. The predicted octanol–water partition coefficient (Wildman–Crippen LogP) is 0.466. The van der Waals surface area contributed by atoms with Crippen LogP contribution in [0.1, 0.15) is 6.42 Å². The van der Waals surface area contributed by atoms with Gasteiger partial charge in [0.1, 0.15) is 5.82 Å². The van der Waals surface area contributed by atoms with E-state index in [1.165, 1.54) is 0 Å². The number of rotatable bonds is 6. The van der Waals surface area contributed by atoms with Gasteiger partial charge in [-0.15, -0.1) is 0 Å². The first-order valence-corrected chi connectivity index (χ1v) is 8.93. The number of hydrogen-bond donors (Lipinski definition) is 0. The van der Waals surface area contributed by atoms with Crippen LogP contribution in [-0.2, 0) is 14.3 Å². The Morgan fingerprint density at radius 1 is 1.12 bits per heavy atom. The molecule has 3 rings (SSSR count). The van der Waals surface area contributed by atoms with Crippen LogP contribution in [0.2, 0.25) is 0 Å². The molecule has 0 bridgehead atoms. The number of carbonyl (C=O) groups is 1. The predicted molar refractivity (Wildman–Crippen MR) is 95.7 cm³/mol. The van der Waals surface area contributed by atoms with Crippen molar-refractivity contribution in [2.24, 2.45) is 0 Å². The van der Waals surface area contributed by atoms with Crippen molar-refractivity contribution in [3.63, 3.8) is 0 Å². The number of methoxy groups -OCH3 is 2. The van der Waals surface area contributed by atoms with E-state index in [1.807, 2.05) is 29.3 Å². The molecule has 1 aromatic rings. The molecular weight excluding hydrogens is 320 g/mol. The fourth-order valence-electron chi connectivity index (χ4n) is 3.59. The van der Waals surface area contributed by atoms with E-state index >= 15 is 0 Å². The number of nitrogens with zero attached hydrogens (tertiary/aromatic N) is 4. The van der Waals surface area contributed by atoms with Gasteiger partial charge < -0.3 is 19.3 Å². The summed E-state index contributed by atoms with van der Waals surface area (Å²) < 4.78 is 10.9. The average Bonchev–Trinajstić information content (AvgIpc) is 3.09. The number of pyridine rings is 1. The van der Waals surface area contributed by atoms with Crippen molar-refractivity contribution in [1.82, 2.24) is 14.8 Å². The molecule has 0 radical (unpaired) electrons. The smallest absolute Gasteiger partial charge is 0.223 e. The Bertz CT molecular complexity index is 537. The third kappa shape index (κ3) is 4.48. The van der Waals surface area contributed by atoms with Crippen LogP contribution in [-0.4, -0.2) is 92.9 Å². The van der Waals surface area contributed by atoms with Gasteiger partial charge in [0.2, 0.25) is 5.91 Å². The van der Waals surface area contributed by atoms with E-state index in [2.05, 4.69) is 14.8 Å². The summed E-state index contributed by atoms with van der Waals surface area (Å²) in [6.45, 7) is 5.62. The molecule has 1 aromatic heterocycles. The zero-order valence-corrected chi connectivity index (χ0v) is 15.1. The Morgan fingerprint density at radius 2 is 1.80 bits per heavy atom. The van der Waals surface area contributed by atoms with Crippen LogP contribution in [0.25, 0.3) is 0 Å². The minimum absolute atomic E-state index is 0.0991. The summed E-state index contributed by atoms with van der Waals surface area (Å²) in [5.74, 6) is 1.22. The Hall–Kier alpha value is -1.70. The first kappa shape index (κ1) is 18.1. The summed E-state index contributed by atoms with van der Waals surface area (Å²) >= 11 is 0. The van der Waals surface area contributed by atoms with E-state index in [0.717, 1.165) is 51.6 Å². The molecule has 0 unspecified atom stereocenters. The molecule has 0 N–H and O–H groups in total. The quantitative estimate of drug-likeness (QED) is 0.745. The molecule has 0 spiro atoms. The number of aromatic nitrogens is 1. The second kappa shape index (κ2) is 8.60. The molecule has 7 heteroatoms. The standard InChI is InChI=1S/C18H28N4O3/c1-24-15-13-20(14-16(15)25-2)8-6-18(23)22-11-9-21(10-12-22)17-5-3-4-7-19-17/h3-5,7,15-16H,6,8-14H2,1-2H3/t15-,16+. The number of likely N-dealkylation sites (tertiary alicyclic amines) is 1. The monoisotopic (exact) mass is 348 g/mol. The highest BCUT2D eigenvalue weighted by Crippen LogP contribution is 2.17. The van der Waals surface area contributed by atoms with Gasteiger partial charge in [0.15, 0.2) is 0 Å². The third-order valence-corrected chi connectivity index (χ3v) is 5.14. The molecule has 7 nitrogen and oxygen atoms in total. The molecule has 0 aromatic carbocycles. The first-order valence-electron chi connectivity index (χ1n) is 8.93. The zero-order chi connectivity index (χ0) is 17.6. The molecule has 138 valence electrons. The minimum Gasteiger partial charge on any atom is -0.377 e. The molecular formula is C18H28N4O3. The van der Waals surface area contributed by atoms with Gasteiger partial charge in [-0.05, 0) is 12.1 Å². The van der Waals surface area contributed by atoms with Crippen molar-refractivity contribution in [2.45, 2.75) is 18.6 Å². The van der Waals surface area contributed by atoms with Crippen LogP contribution in [0.3, 0.4) is 0 Å². The molecule has 2 aliphatic heterocycles. The number of carbonyl (C=O) groups excluding carboxylic acids is 1. The number of piperazine rings is 1. The van der Waals surface area contributed by atoms with Crippen molar-refractivity contribution < 1.29 is 14.3 Å². The lowest BCUT2D eigenvalue weighted by Gasteiger charge is -2.35. The average molecular weight is 348 g/mol. The van der Waals surface area contributed by atoms with Crippen molar-refractivity contribution in [2.75, 3.05) is 64.9 Å². The normalized spacial score (nSPS) is 24.7. The fourth-order valence-corrected chi connectivity index (χ4v) is 3.59. The second-order valence-corrected chi connectivity index (χ2v) is 6.61. The maximum Gasteiger partial charge on any atom is 0.223 e. The van der Waals surface area contributed by atoms with Crippen LogP contribution in [0, 0.1) is 0 Å². The van der Waals surface area contributed by atoms with Gasteiger partial charge in [-0.2, -0.15) is 0 Å². The number of anilines is 1. The van der Waals surface area contributed by atoms with Gasteiger partial charge in [-0.25, -0.2) is 4.98 Å². The van der Waals surface area contributed by atoms with Crippen LogP contribution < -0.4 is 4.90 Å². The van der Waals surface area contributed by atoms with Crippen LogP contribution in [0.15, 0.2) is 24.4 Å². The van der Waals surface area contributed by atoms with E-state index in [9.17, 15) is 4.79 Å². The number of amides is 1. The summed E-state index contributed by atoms with van der Waals surface area (Å²) in [6, 6.07) is 5.93. The highest BCUT2D eigenvalue weighted by atomic mass is 16.5. The lowest BCUT2D eigenvalue weighted by molar-refractivity contribution is -0.131. The summed E-state index contributed by atoms with van der Waals surface area (Å²) in [6.07, 6.45) is 2.56. The van der Waals surface area contributed by atoms with Gasteiger partial charge >= 0.3 is 0 Å². The molecule has 0 saturated carbocycles. The summed E-state index contributed by atoms with van der Waals surface area (Å²) in [4.78, 5) is 23.3. The first-order chi connectivity index (χ1) is 12.2. The van der Waals surface area contributed by atoms with E-state index in [4.69, 9.17) is 9.47 Å². The van der Waals surface area contributed by atoms with Gasteiger partial charge in [0.25, 0.3) is 0 Å². The Balaban J connectivity index is 1.41. The largest absolute Gasteiger partial charge is 0.377 e. The van der Waals surface area contributed by atoms with E-state index in [0.29, 0.717) is 6.42 Å². The fraction of sp³-hybridized carbons (Fsp3) is 0.667. The molecule has 2 aliphatic rings. The van der Waals surface area contributed by atoms with E-state index in [-0.39, 0.29) is 18.1 Å². The maximum atomic E-state index is 12.5. The van der Waals surface area contributed by atoms with Crippen LogP contribution >= 0.6 is 0 Å². The molecule has 2 fully saturated rings. The molecule has 3 heterocycles.